The zero-order chi connectivity index (χ0) is 7.61. The molecular formula is C9H15N. The standard InChI is InChI=1S/C9H15N/c1-4-8(10-5-2)9(3)6-7-9/h1,8,10H,5-7H2,2-3H3. The Kier molecular flexibility index (Phi) is 2.01. The van der Waals surface area contributed by atoms with Crippen LogP contribution in [0.15, 0.2) is 0 Å². The van der Waals surface area contributed by atoms with Gasteiger partial charge in [0.05, 0.1) is 6.04 Å². The van der Waals surface area contributed by atoms with E-state index in [9.17, 15) is 0 Å². The van der Waals surface area contributed by atoms with E-state index in [4.69, 9.17) is 6.42 Å². The van der Waals surface area contributed by atoms with E-state index in [0.29, 0.717) is 11.5 Å². The molecule has 0 aromatic carbocycles. The highest BCUT2D eigenvalue weighted by Crippen LogP contribution is 2.47. The Balaban J connectivity index is 2.42. The van der Waals surface area contributed by atoms with Crippen LogP contribution >= 0.6 is 0 Å². The van der Waals surface area contributed by atoms with Crippen LogP contribution in [-0.4, -0.2) is 12.6 Å². The van der Waals surface area contributed by atoms with Crippen molar-refractivity contribution >= 4 is 0 Å². The molecule has 1 rings (SSSR count). The summed E-state index contributed by atoms with van der Waals surface area (Å²) in [6.07, 6.45) is 7.95. The van der Waals surface area contributed by atoms with Crippen molar-refractivity contribution in [3.63, 3.8) is 0 Å². The Morgan fingerprint density at radius 1 is 1.70 bits per heavy atom. The predicted octanol–water partition coefficient (Wildman–Crippen LogP) is 1.40. The molecule has 0 aromatic rings. The zero-order valence-electron chi connectivity index (χ0n) is 6.78. The normalized spacial score (nSPS) is 23.3. The molecule has 0 aromatic heterocycles. The Labute approximate surface area is 63.2 Å². The predicted molar refractivity (Wildman–Crippen MR) is 43.6 cm³/mol. The summed E-state index contributed by atoms with van der Waals surface area (Å²) in [6, 6.07) is 0.303. The minimum atomic E-state index is 0.303. The molecular weight excluding hydrogens is 122 g/mol. The van der Waals surface area contributed by atoms with Crippen molar-refractivity contribution in [2.45, 2.75) is 32.7 Å². The molecule has 1 heteroatoms. The second kappa shape index (κ2) is 2.64. The Bertz CT molecular complexity index is 151. The molecule has 0 amide bonds. The third-order valence-corrected chi connectivity index (χ3v) is 2.31. The topological polar surface area (TPSA) is 12.0 Å². The number of hydrogen-bond acceptors (Lipinski definition) is 1. The SMILES string of the molecule is C#CC(NCC)C1(C)CC1. The maximum Gasteiger partial charge on any atom is 0.0741 e. The van der Waals surface area contributed by atoms with Crippen LogP contribution in [0.3, 0.4) is 0 Å². The van der Waals surface area contributed by atoms with Crippen molar-refractivity contribution in [2.75, 3.05) is 6.54 Å². The number of hydrogen-bond donors (Lipinski definition) is 1. The molecule has 0 radical (unpaired) electrons. The molecule has 0 saturated heterocycles. The van der Waals surface area contributed by atoms with Crippen LogP contribution in [-0.2, 0) is 0 Å². The van der Waals surface area contributed by atoms with Crippen molar-refractivity contribution in [1.29, 1.82) is 0 Å². The van der Waals surface area contributed by atoms with Gasteiger partial charge in [-0.25, -0.2) is 0 Å². The lowest BCUT2D eigenvalue weighted by molar-refractivity contribution is 0.436. The average Bonchev–Trinajstić information content (AvgIpc) is 2.64. The lowest BCUT2D eigenvalue weighted by atomic mass is 10.00. The molecule has 1 atom stereocenters. The smallest absolute Gasteiger partial charge is 0.0741 e. The highest BCUT2D eigenvalue weighted by molar-refractivity contribution is 5.12. The van der Waals surface area contributed by atoms with E-state index in [-0.39, 0.29) is 0 Å². The van der Waals surface area contributed by atoms with Gasteiger partial charge in [0.2, 0.25) is 0 Å². The van der Waals surface area contributed by atoms with Crippen molar-refractivity contribution in [1.82, 2.24) is 5.32 Å². The molecule has 1 aliphatic carbocycles. The highest BCUT2D eigenvalue weighted by Gasteiger charge is 2.43. The van der Waals surface area contributed by atoms with Gasteiger partial charge in [-0.1, -0.05) is 19.8 Å². The molecule has 1 aliphatic rings. The fourth-order valence-corrected chi connectivity index (χ4v) is 1.20. The summed E-state index contributed by atoms with van der Waals surface area (Å²) in [5.41, 5.74) is 0.421. The third kappa shape index (κ3) is 1.33. The minimum absolute atomic E-state index is 0.303. The van der Waals surface area contributed by atoms with Crippen LogP contribution in [0.4, 0.5) is 0 Å². The molecule has 0 bridgehead atoms. The van der Waals surface area contributed by atoms with Crippen molar-refractivity contribution in [3.05, 3.63) is 0 Å². The fraction of sp³-hybridized carbons (Fsp3) is 0.778. The molecule has 1 unspecified atom stereocenters. The van der Waals surface area contributed by atoms with Crippen molar-refractivity contribution in [3.8, 4) is 12.3 Å². The molecule has 0 spiro atoms. The number of terminal acetylenes is 1. The second-order valence-electron chi connectivity index (χ2n) is 3.31. The van der Waals surface area contributed by atoms with Gasteiger partial charge in [-0.15, -0.1) is 6.42 Å². The lowest BCUT2D eigenvalue weighted by Gasteiger charge is -2.17. The van der Waals surface area contributed by atoms with Gasteiger partial charge < -0.3 is 5.32 Å². The second-order valence-corrected chi connectivity index (χ2v) is 3.31. The van der Waals surface area contributed by atoms with Crippen LogP contribution in [0.1, 0.15) is 26.7 Å². The van der Waals surface area contributed by atoms with Gasteiger partial charge in [-0.2, -0.15) is 0 Å². The Morgan fingerprint density at radius 2 is 2.30 bits per heavy atom. The van der Waals surface area contributed by atoms with Gasteiger partial charge in [-0.3, -0.25) is 0 Å². The summed E-state index contributed by atoms with van der Waals surface area (Å²) in [5, 5.41) is 3.30. The van der Waals surface area contributed by atoms with E-state index in [0.717, 1.165) is 6.54 Å². The van der Waals surface area contributed by atoms with Crippen LogP contribution in [0, 0.1) is 17.8 Å². The summed E-state index contributed by atoms with van der Waals surface area (Å²) < 4.78 is 0. The van der Waals surface area contributed by atoms with E-state index in [1.165, 1.54) is 12.8 Å². The molecule has 56 valence electrons. The van der Waals surface area contributed by atoms with Gasteiger partial charge in [0, 0.05) is 0 Å². The Hall–Kier alpha value is -0.480. The van der Waals surface area contributed by atoms with Crippen molar-refractivity contribution in [2.24, 2.45) is 5.41 Å². The molecule has 0 aliphatic heterocycles. The highest BCUT2D eigenvalue weighted by atomic mass is 14.9. The minimum Gasteiger partial charge on any atom is -0.304 e. The van der Waals surface area contributed by atoms with Crippen LogP contribution in [0.2, 0.25) is 0 Å². The monoisotopic (exact) mass is 137 g/mol. The summed E-state index contributed by atoms with van der Waals surface area (Å²) in [4.78, 5) is 0. The van der Waals surface area contributed by atoms with E-state index in [1.807, 2.05) is 0 Å². The third-order valence-electron chi connectivity index (χ3n) is 2.31. The first-order chi connectivity index (χ1) is 4.73. The summed E-state index contributed by atoms with van der Waals surface area (Å²) in [6.45, 7) is 5.32. The molecule has 1 saturated carbocycles. The van der Waals surface area contributed by atoms with E-state index in [2.05, 4.69) is 25.1 Å². The Morgan fingerprint density at radius 3 is 2.60 bits per heavy atom. The van der Waals surface area contributed by atoms with Crippen LogP contribution in [0.25, 0.3) is 0 Å². The lowest BCUT2D eigenvalue weighted by Crippen LogP contribution is -2.34. The molecule has 10 heavy (non-hydrogen) atoms. The van der Waals surface area contributed by atoms with Gasteiger partial charge in [-0.05, 0) is 24.8 Å². The number of rotatable bonds is 3. The average molecular weight is 137 g/mol. The largest absolute Gasteiger partial charge is 0.304 e. The first-order valence-corrected chi connectivity index (χ1v) is 3.92. The maximum absolute atomic E-state index is 5.37. The van der Waals surface area contributed by atoms with Gasteiger partial charge >= 0.3 is 0 Å². The van der Waals surface area contributed by atoms with E-state index in [1.54, 1.807) is 0 Å². The van der Waals surface area contributed by atoms with Gasteiger partial charge in [0.15, 0.2) is 0 Å². The molecule has 1 fully saturated rings. The summed E-state index contributed by atoms with van der Waals surface area (Å²) in [5.74, 6) is 2.79. The molecule has 0 heterocycles. The maximum atomic E-state index is 5.37. The first kappa shape index (κ1) is 7.63. The molecule has 1 nitrogen and oxygen atoms in total. The summed E-state index contributed by atoms with van der Waals surface area (Å²) >= 11 is 0. The molecule has 1 N–H and O–H groups in total. The van der Waals surface area contributed by atoms with Crippen LogP contribution < -0.4 is 5.32 Å². The van der Waals surface area contributed by atoms with E-state index >= 15 is 0 Å². The first-order valence-electron chi connectivity index (χ1n) is 3.92. The van der Waals surface area contributed by atoms with Crippen molar-refractivity contribution < 1.29 is 0 Å². The van der Waals surface area contributed by atoms with Gasteiger partial charge in [0.1, 0.15) is 0 Å². The number of nitrogens with one attached hydrogen (secondary N) is 1. The zero-order valence-corrected chi connectivity index (χ0v) is 6.78. The van der Waals surface area contributed by atoms with E-state index < -0.39 is 0 Å². The van der Waals surface area contributed by atoms with Crippen LogP contribution in [0.5, 0.6) is 0 Å². The van der Waals surface area contributed by atoms with Gasteiger partial charge in [0.25, 0.3) is 0 Å². The summed E-state index contributed by atoms with van der Waals surface area (Å²) in [7, 11) is 0. The quantitative estimate of drug-likeness (QED) is 0.580. The fourth-order valence-electron chi connectivity index (χ4n) is 1.20.